The van der Waals surface area contributed by atoms with E-state index < -0.39 is 0 Å². The molecule has 9 heteroatoms. The van der Waals surface area contributed by atoms with Crippen LogP contribution in [0.3, 0.4) is 0 Å². The Morgan fingerprint density at radius 2 is 0.800 bits per heavy atom. The minimum atomic E-state index is 0.565. The highest BCUT2D eigenvalue weighted by atomic mass is 35.5. The van der Waals surface area contributed by atoms with Gasteiger partial charge >= 0.3 is 0 Å². The summed E-state index contributed by atoms with van der Waals surface area (Å²) in [6, 6.07) is 22.8. The number of rotatable bonds is 4. The van der Waals surface area contributed by atoms with E-state index in [1.54, 1.807) is 11.3 Å². The second-order valence-electron chi connectivity index (χ2n) is 7.31. The third-order valence-electron chi connectivity index (χ3n) is 5.16. The first-order valence-electron chi connectivity index (χ1n) is 10.1. The van der Waals surface area contributed by atoms with E-state index in [4.69, 9.17) is 69.6 Å². The molecule has 176 valence electrons. The van der Waals surface area contributed by atoms with Crippen LogP contribution in [0.1, 0.15) is 20.9 Å². The van der Waals surface area contributed by atoms with Crippen molar-refractivity contribution in [1.29, 1.82) is 0 Å². The third kappa shape index (κ3) is 5.22. The first kappa shape index (κ1) is 25.7. The number of halogens is 6. The highest BCUT2D eigenvalue weighted by Gasteiger charge is 2.19. The second kappa shape index (κ2) is 10.8. The fourth-order valence-corrected chi connectivity index (χ4v) is 8.37. The maximum atomic E-state index is 6.65. The standard InChI is InChI=1S/C26H12Cl6S3/c27-13-3-1-4-14(28)23(13)25(19-9-11-21(31)34-19)17-7-8-18(33-17)26(20-10-12-22(32)35-20)24-15(29)5-2-6-16(24)30/h1-12H/b25-17-,26-18+. The van der Waals surface area contributed by atoms with Crippen molar-refractivity contribution in [3.8, 4) is 0 Å². The summed E-state index contributed by atoms with van der Waals surface area (Å²) < 4.78 is 3.33. The van der Waals surface area contributed by atoms with Crippen molar-refractivity contribution < 1.29 is 0 Å². The number of thiophene rings is 3. The van der Waals surface area contributed by atoms with E-state index in [-0.39, 0.29) is 0 Å². The lowest BCUT2D eigenvalue weighted by Gasteiger charge is -2.10. The molecule has 0 aliphatic rings. The number of hydrogen-bond acceptors (Lipinski definition) is 3. The maximum absolute atomic E-state index is 6.65. The molecule has 3 heterocycles. The largest absolute Gasteiger partial charge is 0.135 e. The van der Waals surface area contributed by atoms with Gasteiger partial charge in [0.05, 0.1) is 8.67 Å². The average Bonchev–Trinajstić information content (AvgIpc) is 3.55. The van der Waals surface area contributed by atoms with E-state index in [1.807, 2.05) is 60.7 Å². The summed E-state index contributed by atoms with van der Waals surface area (Å²) in [5.74, 6) is 0. The van der Waals surface area contributed by atoms with Crippen LogP contribution >= 0.6 is 104 Å². The minimum absolute atomic E-state index is 0.565. The van der Waals surface area contributed by atoms with Crippen LogP contribution in [0.2, 0.25) is 28.8 Å². The van der Waals surface area contributed by atoms with Gasteiger partial charge in [-0.25, -0.2) is 0 Å². The Balaban J connectivity index is 1.91. The van der Waals surface area contributed by atoms with Gasteiger partial charge in [-0.15, -0.1) is 34.0 Å². The van der Waals surface area contributed by atoms with Crippen LogP contribution in [0.15, 0.2) is 72.8 Å². The molecule has 0 aliphatic carbocycles. The van der Waals surface area contributed by atoms with Gasteiger partial charge in [0.15, 0.2) is 0 Å². The second-order valence-corrected chi connectivity index (χ2v) is 13.5. The van der Waals surface area contributed by atoms with Crippen LogP contribution in [0.25, 0.3) is 11.1 Å². The molecule has 0 radical (unpaired) electrons. The summed E-state index contributed by atoms with van der Waals surface area (Å²) >= 11 is 43.8. The first-order valence-corrected chi connectivity index (χ1v) is 14.8. The molecule has 0 aliphatic heterocycles. The Labute approximate surface area is 244 Å². The van der Waals surface area contributed by atoms with Crippen molar-refractivity contribution in [2.75, 3.05) is 0 Å². The van der Waals surface area contributed by atoms with E-state index in [0.29, 0.717) is 28.8 Å². The quantitative estimate of drug-likeness (QED) is 0.185. The summed E-state index contributed by atoms with van der Waals surface area (Å²) in [5.41, 5.74) is 3.36. The molecule has 0 fully saturated rings. The lowest BCUT2D eigenvalue weighted by atomic mass is 10.0. The molecule has 0 N–H and O–H groups in total. The molecule has 0 spiro atoms. The Bertz CT molecular complexity index is 1510. The van der Waals surface area contributed by atoms with E-state index in [1.165, 1.54) is 22.7 Å². The summed E-state index contributed by atoms with van der Waals surface area (Å²) in [5, 5.41) is 2.26. The average molecular weight is 633 g/mol. The first-order chi connectivity index (χ1) is 16.8. The lowest BCUT2D eigenvalue weighted by Crippen LogP contribution is -2.06. The van der Waals surface area contributed by atoms with E-state index in [0.717, 1.165) is 41.1 Å². The van der Waals surface area contributed by atoms with Crippen molar-refractivity contribution in [2.45, 2.75) is 0 Å². The molecule has 0 unspecified atom stereocenters. The highest BCUT2D eigenvalue weighted by Crippen LogP contribution is 2.39. The number of benzene rings is 2. The SMILES string of the molecule is Clc1ccc(/C(c2c(Cl)cccc2Cl)=c2/cc/c(=C(\c3ccc(Cl)s3)c3c(Cl)cccc3Cl)s2)s1. The fourth-order valence-electron chi connectivity index (χ4n) is 3.71. The molecule has 0 nitrogen and oxygen atoms in total. The summed E-state index contributed by atoms with van der Waals surface area (Å²) in [6.07, 6.45) is 0. The molecule has 35 heavy (non-hydrogen) atoms. The molecule has 0 atom stereocenters. The van der Waals surface area contributed by atoms with E-state index in [2.05, 4.69) is 12.1 Å². The van der Waals surface area contributed by atoms with Crippen LogP contribution in [0.5, 0.6) is 0 Å². The van der Waals surface area contributed by atoms with Gasteiger partial charge in [0.25, 0.3) is 0 Å². The van der Waals surface area contributed by atoms with E-state index >= 15 is 0 Å². The Morgan fingerprint density at radius 1 is 0.429 bits per heavy atom. The molecule has 3 aromatic heterocycles. The van der Waals surface area contributed by atoms with Crippen molar-refractivity contribution in [1.82, 2.24) is 0 Å². The Morgan fingerprint density at radius 3 is 1.11 bits per heavy atom. The smallest absolute Gasteiger partial charge is 0.0934 e. The van der Waals surface area contributed by atoms with Crippen LogP contribution < -0.4 is 9.06 Å². The van der Waals surface area contributed by atoms with Crippen molar-refractivity contribution in [3.63, 3.8) is 0 Å². The molecule has 0 saturated heterocycles. The lowest BCUT2D eigenvalue weighted by molar-refractivity contribution is 1.58. The van der Waals surface area contributed by atoms with Crippen molar-refractivity contribution in [3.05, 3.63) is 132 Å². The van der Waals surface area contributed by atoms with Gasteiger partial charge in [-0.3, -0.25) is 0 Å². The zero-order valence-electron chi connectivity index (χ0n) is 17.4. The van der Waals surface area contributed by atoms with Gasteiger partial charge in [0, 0.05) is 61.2 Å². The summed E-state index contributed by atoms with van der Waals surface area (Å²) in [7, 11) is 0. The van der Waals surface area contributed by atoms with Gasteiger partial charge in [-0.05, 0) is 60.7 Å². The zero-order chi connectivity index (χ0) is 24.7. The third-order valence-corrected chi connectivity index (χ3v) is 10.0. The molecule has 2 aromatic carbocycles. The topological polar surface area (TPSA) is 0 Å². The monoisotopic (exact) mass is 630 g/mol. The molecule has 0 amide bonds. The molecule has 5 rings (SSSR count). The Hall–Kier alpha value is -0.980. The molecular weight excluding hydrogens is 621 g/mol. The summed E-state index contributed by atoms with van der Waals surface area (Å²) in [6.45, 7) is 0. The predicted octanol–water partition coefficient (Wildman–Crippen LogP) is 10.3. The number of hydrogen-bond donors (Lipinski definition) is 0. The van der Waals surface area contributed by atoms with Crippen molar-refractivity contribution >= 4 is 115 Å². The van der Waals surface area contributed by atoms with Gasteiger partial charge in [0.2, 0.25) is 0 Å². The van der Waals surface area contributed by atoms with Gasteiger partial charge in [-0.2, -0.15) is 0 Å². The highest BCUT2D eigenvalue weighted by molar-refractivity contribution is 7.18. The summed E-state index contributed by atoms with van der Waals surface area (Å²) in [4.78, 5) is 1.93. The predicted molar refractivity (Wildman–Crippen MR) is 158 cm³/mol. The molecule has 5 aromatic rings. The molecule has 0 bridgehead atoms. The molecule has 0 saturated carbocycles. The zero-order valence-corrected chi connectivity index (χ0v) is 24.4. The Kier molecular flexibility index (Phi) is 7.91. The van der Waals surface area contributed by atoms with Gasteiger partial charge < -0.3 is 0 Å². The maximum Gasteiger partial charge on any atom is 0.0934 e. The van der Waals surface area contributed by atoms with Crippen LogP contribution in [-0.2, 0) is 0 Å². The normalized spacial score (nSPS) is 13.2. The van der Waals surface area contributed by atoms with Crippen LogP contribution in [0.4, 0.5) is 0 Å². The van der Waals surface area contributed by atoms with Gasteiger partial charge in [0.1, 0.15) is 0 Å². The van der Waals surface area contributed by atoms with Gasteiger partial charge in [-0.1, -0.05) is 81.7 Å². The minimum Gasteiger partial charge on any atom is -0.135 e. The fraction of sp³-hybridized carbons (Fsp3) is 0. The van der Waals surface area contributed by atoms with E-state index in [9.17, 15) is 0 Å². The van der Waals surface area contributed by atoms with Crippen LogP contribution in [0, 0.1) is 0 Å². The van der Waals surface area contributed by atoms with Crippen LogP contribution in [-0.4, -0.2) is 0 Å². The van der Waals surface area contributed by atoms with Crippen molar-refractivity contribution in [2.24, 2.45) is 0 Å². The molecular formula is C26H12Cl6S3.